The Kier molecular flexibility index (Phi) is 7.04. The summed E-state index contributed by atoms with van der Waals surface area (Å²) in [7, 11) is 0. The predicted octanol–water partition coefficient (Wildman–Crippen LogP) is 6.14. The van der Waals surface area contributed by atoms with E-state index in [-0.39, 0.29) is 15.7 Å². The highest BCUT2D eigenvalue weighted by atomic mass is 35.5. The molecule has 0 unspecified atom stereocenters. The fourth-order valence-electron chi connectivity index (χ4n) is 2.55. The van der Waals surface area contributed by atoms with Gasteiger partial charge in [-0.3, -0.25) is 14.5 Å². The van der Waals surface area contributed by atoms with Gasteiger partial charge in [-0.05, 0) is 51.1 Å². The average Bonchev–Trinajstić information content (AvgIpc) is 2.59. The summed E-state index contributed by atoms with van der Waals surface area (Å²) in [5.41, 5.74) is -3.67. The minimum atomic E-state index is -5.00. The molecule has 0 spiro atoms. The van der Waals surface area contributed by atoms with Crippen molar-refractivity contribution in [1.82, 2.24) is 0 Å². The van der Waals surface area contributed by atoms with Gasteiger partial charge in [0.05, 0.1) is 21.2 Å². The molecule has 4 nitrogen and oxygen atoms in total. The molecule has 0 aliphatic carbocycles. The number of halogens is 6. The number of esters is 1. The number of benzene rings is 2. The van der Waals surface area contributed by atoms with E-state index in [4.69, 9.17) is 27.9 Å². The number of ether oxygens (including phenoxy) is 1. The molecule has 2 aromatic carbocycles. The number of hydrogen-bond acceptors (Lipinski definition) is 3. The van der Waals surface area contributed by atoms with Crippen molar-refractivity contribution >= 4 is 40.8 Å². The normalized spacial score (nSPS) is 11.9. The summed E-state index contributed by atoms with van der Waals surface area (Å²) >= 11 is 11.8. The van der Waals surface area contributed by atoms with Gasteiger partial charge in [0.15, 0.2) is 0 Å². The lowest BCUT2D eigenvalue weighted by molar-refractivity contribution is -0.152. The van der Waals surface area contributed by atoms with Gasteiger partial charge < -0.3 is 4.74 Å². The molecule has 0 aliphatic heterocycles. The number of anilines is 1. The molecule has 2 aromatic rings. The van der Waals surface area contributed by atoms with Crippen molar-refractivity contribution in [2.75, 3.05) is 11.4 Å². The highest BCUT2D eigenvalue weighted by Crippen LogP contribution is 2.35. The second-order valence-electron chi connectivity index (χ2n) is 7.24. The molecule has 0 heterocycles. The Bertz CT molecular complexity index is 971. The van der Waals surface area contributed by atoms with Gasteiger partial charge >= 0.3 is 12.1 Å². The van der Waals surface area contributed by atoms with Crippen molar-refractivity contribution in [2.24, 2.45) is 0 Å². The number of rotatable bonds is 4. The topological polar surface area (TPSA) is 46.6 Å². The Hall–Kier alpha value is -2.32. The van der Waals surface area contributed by atoms with Crippen LogP contribution in [0.5, 0.6) is 0 Å². The van der Waals surface area contributed by atoms with Gasteiger partial charge in [0.1, 0.15) is 18.0 Å². The zero-order chi connectivity index (χ0) is 22.9. The zero-order valence-corrected chi connectivity index (χ0v) is 17.6. The molecule has 0 saturated carbocycles. The Morgan fingerprint density at radius 2 is 1.67 bits per heavy atom. The van der Waals surface area contributed by atoms with Crippen LogP contribution in [0.1, 0.15) is 36.7 Å². The number of carbonyl (C=O) groups excluding carboxylic acids is 2. The SMILES string of the molecule is CC(C)(C)OC(=O)CN(C(=O)c1c(F)cccc1C(F)(F)F)c1ccc(Cl)c(Cl)c1. The van der Waals surface area contributed by atoms with Crippen LogP contribution in [-0.2, 0) is 15.7 Å². The van der Waals surface area contributed by atoms with Crippen LogP contribution in [0.3, 0.4) is 0 Å². The summed E-state index contributed by atoms with van der Waals surface area (Å²) in [6.07, 6.45) is -5.00. The molecule has 10 heteroatoms. The third kappa shape index (κ3) is 5.86. The molecular formula is C20H17Cl2F4NO3. The summed E-state index contributed by atoms with van der Waals surface area (Å²) in [6.45, 7) is 3.96. The van der Waals surface area contributed by atoms with E-state index in [0.29, 0.717) is 11.0 Å². The molecule has 0 N–H and O–H groups in total. The molecule has 1 amide bonds. The van der Waals surface area contributed by atoms with Gasteiger partial charge in [-0.1, -0.05) is 29.3 Å². The summed E-state index contributed by atoms with van der Waals surface area (Å²) in [5, 5.41) is 0.104. The van der Waals surface area contributed by atoms with Gasteiger partial charge in [0, 0.05) is 5.69 Å². The lowest BCUT2D eigenvalue weighted by Crippen LogP contribution is -2.40. The van der Waals surface area contributed by atoms with Crippen LogP contribution in [0.15, 0.2) is 36.4 Å². The largest absolute Gasteiger partial charge is 0.459 e. The Labute approximate surface area is 180 Å². The number of amides is 1. The predicted molar refractivity (Wildman–Crippen MR) is 105 cm³/mol. The van der Waals surface area contributed by atoms with Crippen LogP contribution in [0.4, 0.5) is 23.2 Å². The first kappa shape index (κ1) is 24.0. The minimum absolute atomic E-state index is 0.0132. The number of nitrogens with zero attached hydrogens (tertiary/aromatic N) is 1. The fraction of sp³-hybridized carbons (Fsp3) is 0.300. The average molecular weight is 466 g/mol. The highest BCUT2D eigenvalue weighted by Gasteiger charge is 2.39. The molecule has 0 radical (unpaired) electrons. The second kappa shape index (κ2) is 8.81. The van der Waals surface area contributed by atoms with E-state index in [1.54, 1.807) is 20.8 Å². The monoisotopic (exact) mass is 465 g/mol. The van der Waals surface area contributed by atoms with Crippen molar-refractivity contribution in [3.05, 3.63) is 63.4 Å². The van der Waals surface area contributed by atoms with Crippen molar-refractivity contribution in [2.45, 2.75) is 32.5 Å². The van der Waals surface area contributed by atoms with Gasteiger partial charge in [-0.15, -0.1) is 0 Å². The van der Waals surface area contributed by atoms with E-state index >= 15 is 0 Å². The molecule has 0 bridgehead atoms. The van der Waals surface area contributed by atoms with E-state index in [0.717, 1.165) is 12.1 Å². The van der Waals surface area contributed by atoms with Crippen LogP contribution in [0.25, 0.3) is 0 Å². The maximum Gasteiger partial charge on any atom is 0.417 e. The molecule has 0 fully saturated rings. The Balaban J connectivity index is 2.58. The molecular weight excluding hydrogens is 449 g/mol. The second-order valence-corrected chi connectivity index (χ2v) is 8.05. The van der Waals surface area contributed by atoms with Crippen LogP contribution >= 0.6 is 23.2 Å². The highest BCUT2D eigenvalue weighted by molar-refractivity contribution is 6.42. The standard InChI is InChI=1S/C20H17Cl2F4NO3/c1-19(2,3)30-16(28)10-27(11-7-8-13(21)14(22)9-11)18(29)17-12(20(24,25)26)5-4-6-15(17)23/h4-9H,10H2,1-3H3. The van der Waals surface area contributed by atoms with Crippen LogP contribution < -0.4 is 4.90 Å². The zero-order valence-electron chi connectivity index (χ0n) is 16.1. The van der Waals surface area contributed by atoms with Gasteiger partial charge in [-0.2, -0.15) is 13.2 Å². The summed E-state index contributed by atoms with van der Waals surface area (Å²) < 4.78 is 59.7. The third-order valence-electron chi connectivity index (χ3n) is 3.70. The van der Waals surface area contributed by atoms with Crippen molar-refractivity contribution in [3.8, 4) is 0 Å². The molecule has 0 aromatic heterocycles. The minimum Gasteiger partial charge on any atom is -0.459 e. The van der Waals surface area contributed by atoms with Gasteiger partial charge in [0.25, 0.3) is 5.91 Å². The molecule has 0 atom stereocenters. The van der Waals surface area contributed by atoms with Gasteiger partial charge in [0.2, 0.25) is 0 Å². The molecule has 2 rings (SSSR count). The first-order valence-electron chi connectivity index (χ1n) is 8.55. The van der Waals surface area contributed by atoms with Gasteiger partial charge in [-0.25, -0.2) is 4.39 Å². The lowest BCUT2D eigenvalue weighted by Gasteiger charge is -2.26. The van der Waals surface area contributed by atoms with Crippen LogP contribution in [0.2, 0.25) is 10.0 Å². The first-order chi connectivity index (χ1) is 13.7. The Morgan fingerprint density at radius 3 is 2.20 bits per heavy atom. The van der Waals surface area contributed by atoms with E-state index in [2.05, 4.69) is 0 Å². The maximum atomic E-state index is 14.3. The van der Waals surface area contributed by atoms with Crippen molar-refractivity contribution < 1.29 is 31.9 Å². The molecule has 30 heavy (non-hydrogen) atoms. The van der Waals surface area contributed by atoms with E-state index in [1.807, 2.05) is 0 Å². The third-order valence-corrected chi connectivity index (χ3v) is 4.44. The number of alkyl halides is 3. The smallest absolute Gasteiger partial charge is 0.417 e. The number of carbonyl (C=O) groups is 2. The van der Waals surface area contributed by atoms with E-state index < -0.39 is 47.1 Å². The first-order valence-corrected chi connectivity index (χ1v) is 9.31. The summed E-state index contributed by atoms with van der Waals surface area (Å²) in [6, 6.07) is 5.89. The lowest BCUT2D eigenvalue weighted by atomic mass is 10.0. The summed E-state index contributed by atoms with van der Waals surface area (Å²) in [4.78, 5) is 26.0. The van der Waals surface area contributed by atoms with E-state index in [9.17, 15) is 27.2 Å². The van der Waals surface area contributed by atoms with Crippen molar-refractivity contribution in [1.29, 1.82) is 0 Å². The molecule has 0 saturated heterocycles. The maximum absolute atomic E-state index is 14.3. The quantitative estimate of drug-likeness (QED) is 0.402. The van der Waals surface area contributed by atoms with Crippen molar-refractivity contribution in [3.63, 3.8) is 0 Å². The Morgan fingerprint density at radius 1 is 1.03 bits per heavy atom. The summed E-state index contributed by atoms with van der Waals surface area (Å²) in [5.74, 6) is -3.68. The molecule has 162 valence electrons. The number of hydrogen-bond donors (Lipinski definition) is 0. The van der Waals surface area contributed by atoms with E-state index in [1.165, 1.54) is 18.2 Å². The van der Waals surface area contributed by atoms with Crippen LogP contribution in [-0.4, -0.2) is 24.0 Å². The van der Waals surface area contributed by atoms with Crippen LogP contribution in [0, 0.1) is 5.82 Å². The molecule has 0 aliphatic rings. The fourth-order valence-corrected chi connectivity index (χ4v) is 2.84.